The van der Waals surface area contributed by atoms with Gasteiger partial charge in [-0.2, -0.15) is 0 Å². The van der Waals surface area contributed by atoms with Crippen LogP contribution in [0.3, 0.4) is 0 Å². The highest BCUT2D eigenvalue weighted by Crippen LogP contribution is 2.19. The molecule has 3 rings (SSSR count). The molecule has 1 fully saturated rings. The number of carbonyl (C=O) groups excluding carboxylic acids is 2. The number of hydrogen-bond acceptors (Lipinski definition) is 2. The third-order valence-electron chi connectivity index (χ3n) is 5.82. The maximum Gasteiger partial charge on any atom is 0.242 e. The molecule has 0 heterocycles. The van der Waals surface area contributed by atoms with E-state index in [9.17, 15) is 9.59 Å². The lowest BCUT2D eigenvalue weighted by atomic mass is 10.1. The van der Waals surface area contributed by atoms with E-state index in [1.807, 2.05) is 69.3 Å². The SMILES string of the molecule is Cc1ccc(CC(=O)N(Cc2ccc(C)cc2)[C@@H](C)C(=O)NC2CCCC2)cc1. The number of nitrogens with one attached hydrogen (secondary N) is 1. The fraction of sp³-hybridized carbons (Fsp3) is 0.440. The topological polar surface area (TPSA) is 49.4 Å². The molecular weight excluding hydrogens is 360 g/mol. The van der Waals surface area contributed by atoms with Gasteiger partial charge in [-0.15, -0.1) is 0 Å². The highest BCUT2D eigenvalue weighted by Gasteiger charge is 2.28. The Morgan fingerprint density at radius 3 is 2.00 bits per heavy atom. The van der Waals surface area contributed by atoms with Gasteiger partial charge in [-0.1, -0.05) is 72.5 Å². The molecule has 2 amide bonds. The number of carbonyl (C=O) groups is 2. The first-order valence-electron chi connectivity index (χ1n) is 10.6. The monoisotopic (exact) mass is 392 g/mol. The van der Waals surface area contributed by atoms with Gasteiger partial charge in [0.25, 0.3) is 0 Å². The fourth-order valence-electron chi connectivity index (χ4n) is 3.85. The Kier molecular flexibility index (Phi) is 7.08. The normalized spacial score (nSPS) is 15.1. The molecule has 1 aliphatic rings. The van der Waals surface area contributed by atoms with Gasteiger partial charge in [0, 0.05) is 12.6 Å². The lowest BCUT2D eigenvalue weighted by Gasteiger charge is -2.30. The average Bonchev–Trinajstić information content (AvgIpc) is 3.21. The molecule has 0 unspecified atom stereocenters. The lowest BCUT2D eigenvalue weighted by molar-refractivity contribution is -0.140. The van der Waals surface area contributed by atoms with Gasteiger partial charge >= 0.3 is 0 Å². The van der Waals surface area contributed by atoms with Crippen molar-refractivity contribution in [1.29, 1.82) is 0 Å². The van der Waals surface area contributed by atoms with Crippen molar-refractivity contribution in [1.82, 2.24) is 10.2 Å². The number of benzene rings is 2. The van der Waals surface area contributed by atoms with Crippen LogP contribution in [0.4, 0.5) is 0 Å². The second kappa shape index (κ2) is 9.73. The molecule has 1 N–H and O–H groups in total. The molecule has 2 aromatic rings. The average molecular weight is 393 g/mol. The minimum atomic E-state index is -0.505. The van der Waals surface area contributed by atoms with Crippen molar-refractivity contribution >= 4 is 11.8 Å². The van der Waals surface area contributed by atoms with Crippen LogP contribution in [0.1, 0.15) is 54.9 Å². The Labute approximate surface area is 174 Å². The van der Waals surface area contributed by atoms with Crippen molar-refractivity contribution in [2.45, 2.75) is 71.5 Å². The van der Waals surface area contributed by atoms with Gasteiger partial charge in [0.15, 0.2) is 0 Å². The maximum atomic E-state index is 13.2. The Morgan fingerprint density at radius 2 is 1.45 bits per heavy atom. The quantitative estimate of drug-likeness (QED) is 0.763. The van der Waals surface area contributed by atoms with E-state index in [0.29, 0.717) is 13.0 Å². The van der Waals surface area contributed by atoms with E-state index >= 15 is 0 Å². The molecule has 154 valence electrons. The van der Waals surface area contributed by atoms with Gasteiger partial charge in [0.1, 0.15) is 6.04 Å². The van der Waals surface area contributed by atoms with E-state index in [0.717, 1.165) is 24.0 Å². The summed E-state index contributed by atoms with van der Waals surface area (Å²) >= 11 is 0. The van der Waals surface area contributed by atoms with E-state index in [-0.39, 0.29) is 17.9 Å². The van der Waals surface area contributed by atoms with Crippen LogP contribution in [-0.2, 0) is 22.6 Å². The number of rotatable bonds is 7. The molecule has 1 aliphatic carbocycles. The van der Waals surface area contributed by atoms with E-state index in [2.05, 4.69) is 5.32 Å². The van der Waals surface area contributed by atoms with Gasteiger partial charge in [-0.25, -0.2) is 0 Å². The molecule has 1 atom stereocenters. The second-order valence-electron chi connectivity index (χ2n) is 8.34. The summed E-state index contributed by atoms with van der Waals surface area (Å²) in [6.45, 7) is 6.35. The predicted octanol–water partition coefficient (Wildman–Crippen LogP) is 4.32. The molecule has 4 nitrogen and oxygen atoms in total. The summed E-state index contributed by atoms with van der Waals surface area (Å²) < 4.78 is 0. The van der Waals surface area contributed by atoms with Crippen molar-refractivity contribution in [3.63, 3.8) is 0 Å². The van der Waals surface area contributed by atoms with Crippen molar-refractivity contribution in [3.05, 3.63) is 70.8 Å². The minimum absolute atomic E-state index is 0.0245. The molecular formula is C25H32N2O2. The smallest absolute Gasteiger partial charge is 0.242 e. The molecule has 0 spiro atoms. The first-order valence-corrected chi connectivity index (χ1v) is 10.6. The van der Waals surface area contributed by atoms with Gasteiger partial charge in [0.2, 0.25) is 11.8 Å². The highest BCUT2D eigenvalue weighted by atomic mass is 16.2. The van der Waals surface area contributed by atoms with Gasteiger partial charge < -0.3 is 10.2 Å². The molecule has 0 bridgehead atoms. The molecule has 0 aromatic heterocycles. The summed E-state index contributed by atoms with van der Waals surface area (Å²) in [5, 5.41) is 3.15. The zero-order valence-electron chi connectivity index (χ0n) is 17.8. The van der Waals surface area contributed by atoms with Crippen LogP contribution in [-0.4, -0.2) is 28.8 Å². The summed E-state index contributed by atoms with van der Waals surface area (Å²) in [6.07, 6.45) is 4.70. The Morgan fingerprint density at radius 1 is 0.931 bits per heavy atom. The summed E-state index contributed by atoms with van der Waals surface area (Å²) in [5.41, 5.74) is 4.35. The summed E-state index contributed by atoms with van der Waals surface area (Å²) in [7, 11) is 0. The van der Waals surface area contributed by atoms with Crippen LogP contribution < -0.4 is 5.32 Å². The molecule has 1 saturated carbocycles. The first kappa shape index (κ1) is 21.1. The van der Waals surface area contributed by atoms with E-state index in [4.69, 9.17) is 0 Å². The largest absolute Gasteiger partial charge is 0.352 e. The molecule has 29 heavy (non-hydrogen) atoms. The molecule has 0 aliphatic heterocycles. The van der Waals surface area contributed by atoms with E-state index in [1.54, 1.807) is 4.90 Å². The molecule has 2 aromatic carbocycles. The molecule has 4 heteroatoms. The van der Waals surface area contributed by atoms with Gasteiger partial charge in [-0.05, 0) is 44.7 Å². The Bertz CT molecular complexity index is 821. The number of amides is 2. The summed E-state index contributed by atoms with van der Waals surface area (Å²) in [4.78, 5) is 27.8. The minimum Gasteiger partial charge on any atom is -0.352 e. The predicted molar refractivity (Wildman–Crippen MR) is 116 cm³/mol. The van der Waals surface area contributed by atoms with Crippen LogP contribution in [0.25, 0.3) is 0 Å². The summed E-state index contributed by atoms with van der Waals surface area (Å²) in [6, 6.07) is 15.9. The van der Waals surface area contributed by atoms with Crippen LogP contribution in [0.15, 0.2) is 48.5 Å². The van der Waals surface area contributed by atoms with Crippen LogP contribution >= 0.6 is 0 Å². The Balaban J connectivity index is 1.75. The van der Waals surface area contributed by atoms with Crippen LogP contribution in [0.5, 0.6) is 0 Å². The number of hydrogen-bond donors (Lipinski definition) is 1. The van der Waals surface area contributed by atoms with Gasteiger partial charge in [-0.3, -0.25) is 9.59 Å². The third-order valence-corrected chi connectivity index (χ3v) is 5.82. The number of aryl methyl sites for hydroxylation is 2. The van der Waals surface area contributed by atoms with Crippen molar-refractivity contribution in [2.24, 2.45) is 0 Å². The lowest BCUT2D eigenvalue weighted by Crippen LogP contribution is -2.50. The molecule has 0 radical (unpaired) electrons. The van der Waals surface area contributed by atoms with Crippen molar-refractivity contribution in [3.8, 4) is 0 Å². The molecule has 0 saturated heterocycles. The zero-order valence-corrected chi connectivity index (χ0v) is 17.8. The van der Waals surface area contributed by atoms with Crippen molar-refractivity contribution < 1.29 is 9.59 Å². The van der Waals surface area contributed by atoms with E-state index < -0.39 is 6.04 Å². The van der Waals surface area contributed by atoms with Crippen LogP contribution in [0.2, 0.25) is 0 Å². The third kappa shape index (κ3) is 5.93. The van der Waals surface area contributed by atoms with E-state index in [1.165, 1.54) is 24.0 Å². The highest BCUT2D eigenvalue weighted by molar-refractivity contribution is 5.88. The Hall–Kier alpha value is -2.62. The number of nitrogens with zero attached hydrogens (tertiary/aromatic N) is 1. The van der Waals surface area contributed by atoms with Crippen molar-refractivity contribution in [2.75, 3.05) is 0 Å². The zero-order chi connectivity index (χ0) is 20.8. The maximum absolute atomic E-state index is 13.2. The fourth-order valence-corrected chi connectivity index (χ4v) is 3.85. The van der Waals surface area contributed by atoms with Crippen LogP contribution in [0, 0.1) is 13.8 Å². The first-order chi connectivity index (χ1) is 13.9. The second-order valence-corrected chi connectivity index (χ2v) is 8.34. The standard InChI is InChI=1S/C25H32N2O2/c1-18-8-12-21(13-9-18)16-24(28)27(17-22-14-10-19(2)11-15-22)20(3)25(29)26-23-6-4-5-7-23/h8-15,20,23H,4-7,16-17H2,1-3H3,(H,26,29)/t20-/m0/s1. The van der Waals surface area contributed by atoms with Gasteiger partial charge in [0.05, 0.1) is 6.42 Å². The summed E-state index contributed by atoms with van der Waals surface area (Å²) in [5.74, 6) is -0.0789.